The van der Waals surface area contributed by atoms with Crippen molar-refractivity contribution in [1.82, 2.24) is 9.97 Å². The molecular formula is C12H13BrN2. The van der Waals surface area contributed by atoms with Crippen LogP contribution < -0.4 is 0 Å². The number of nitrogens with zero attached hydrogens (tertiary/aromatic N) is 1. The molecule has 0 amide bonds. The predicted molar refractivity (Wildman–Crippen MR) is 65.9 cm³/mol. The van der Waals surface area contributed by atoms with Crippen molar-refractivity contribution in [3.8, 4) is 11.3 Å². The fourth-order valence-electron chi connectivity index (χ4n) is 1.68. The largest absolute Gasteiger partial charge is 0.333 e. The molecule has 0 saturated heterocycles. The maximum absolute atomic E-state index is 4.15. The summed E-state index contributed by atoms with van der Waals surface area (Å²) in [5.74, 6) is 0. The third-order valence-electron chi connectivity index (χ3n) is 2.89. The molecule has 0 fully saturated rings. The number of halogens is 1. The lowest BCUT2D eigenvalue weighted by Crippen LogP contribution is -1.90. The number of nitrogens with one attached hydrogen (secondary N) is 1. The van der Waals surface area contributed by atoms with Gasteiger partial charge in [0.1, 0.15) is 0 Å². The number of hydrogen-bond acceptors (Lipinski definition) is 1. The molecule has 0 aliphatic heterocycles. The molecule has 2 aromatic rings. The lowest BCUT2D eigenvalue weighted by molar-refractivity contribution is 1.23. The molecule has 3 heteroatoms. The summed E-state index contributed by atoms with van der Waals surface area (Å²) in [5.41, 5.74) is 6.26. The van der Waals surface area contributed by atoms with Gasteiger partial charge < -0.3 is 4.98 Å². The van der Waals surface area contributed by atoms with Crippen LogP contribution in [0, 0.1) is 20.8 Å². The van der Waals surface area contributed by atoms with Crippen LogP contribution in [0.3, 0.4) is 0 Å². The minimum absolute atomic E-state index is 0.773. The Labute approximate surface area is 97.9 Å². The summed E-state index contributed by atoms with van der Waals surface area (Å²) in [4.78, 5) is 7.33. The zero-order valence-corrected chi connectivity index (χ0v) is 10.6. The third-order valence-corrected chi connectivity index (χ3v) is 3.30. The van der Waals surface area contributed by atoms with Crippen molar-refractivity contribution >= 4 is 15.9 Å². The Kier molecular flexibility index (Phi) is 2.65. The van der Waals surface area contributed by atoms with Gasteiger partial charge in [-0.3, -0.25) is 0 Å². The van der Waals surface area contributed by atoms with E-state index in [-0.39, 0.29) is 0 Å². The van der Waals surface area contributed by atoms with Gasteiger partial charge in [0.15, 0.2) is 4.73 Å². The Hall–Kier alpha value is -1.09. The first-order valence-electron chi connectivity index (χ1n) is 4.87. The van der Waals surface area contributed by atoms with Crippen molar-refractivity contribution in [3.63, 3.8) is 0 Å². The van der Waals surface area contributed by atoms with Crippen molar-refractivity contribution in [1.29, 1.82) is 0 Å². The molecule has 1 aromatic heterocycles. The molecule has 0 radical (unpaired) electrons. The van der Waals surface area contributed by atoms with Gasteiger partial charge in [0.25, 0.3) is 0 Å². The standard InChI is InChI=1S/C12H13BrN2/c1-7-4-5-10(9(3)8(7)2)11-6-14-12(13)15-11/h4-6H,1-3H3,(H,14,15). The van der Waals surface area contributed by atoms with Crippen LogP contribution >= 0.6 is 15.9 Å². The Balaban J connectivity index is 2.59. The van der Waals surface area contributed by atoms with E-state index in [0.29, 0.717) is 0 Å². The molecule has 0 bridgehead atoms. The fraction of sp³-hybridized carbons (Fsp3) is 0.250. The van der Waals surface area contributed by atoms with Crippen LogP contribution in [0.4, 0.5) is 0 Å². The first-order chi connectivity index (χ1) is 7.09. The minimum Gasteiger partial charge on any atom is -0.333 e. The topological polar surface area (TPSA) is 28.7 Å². The van der Waals surface area contributed by atoms with Gasteiger partial charge in [-0.1, -0.05) is 12.1 Å². The molecule has 1 N–H and O–H groups in total. The Bertz CT molecular complexity index is 500. The van der Waals surface area contributed by atoms with E-state index >= 15 is 0 Å². The molecule has 15 heavy (non-hydrogen) atoms. The highest BCUT2D eigenvalue weighted by Crippen LogP contribution is 2.26. The van der Waals surface area contributed by atoms with Crippen LogP contribution in [0.1, 0.15) is 16.7 Å². The van der Waals surface area contributed by atoms with E-state index in [0.717, 1.165) is 10.4 Å². The number of rotatable bonds is 1. The molecule has 0 unspecified atom stereocenters. The van der Waals surface area contributed by atoms with Crippen LogP contribution in [-0.4, -0.2) is 9.97 Å². The summed E-state index contributed by atoms with van der Waals surface area (Å²) in [7, 11) is 0. The second-order valence-electron chi connectivity index (χ2n) is 3.77. The highest BCUT2D eigenvalue weighted by molar-refractivity contribution is 9.10. The summed E-state index contributed by atoms with van der Waals surface area (Å²) >= 11 is 3.32. The second kappa shape index (κ2) is 3.81. The Morgan fingerprint density at radius 3 is 2.47 bits per heavy atom. The van der Waals surface area contributed by atoms with Crippen LogP contribution in [0.25, 0.3) is 11.3 Å². The van der Waals surface area contributed by atoms with Gasteiger partial charge in [-0.15, -0.1) is 0 Å². The number of imidazole rings is 1. The van der Waals surface area contributed by atoms with Crippen LogP contribution in [0.5, 0.6) is 0 Å². The van der Waals surface area contributed by atoms with E-state index in [1.807, 2.05) is 6.20 Å². The molecule has 0 atom stereocenters. The van der Waals surface area contributed by atoms with Crippen LogP contribution in [0.2, 0.25) is 0 Å². The molecule has 78 valence electrons. The average molecular weight is 265 g/mol. The summed E-state index contributed by atoms with van der Waals surface area (Å²) in [6, 6.07) is 4.28. The monoisotopic (exact) mass is 264 g/mol. The molecule has 0 aliphatic carbocycles. The minimum atomic E-state index is 0.773. The van der Waals surface area contributed by atoms with Gasteiger partial charge in [-0.05, 0) is 53.4 Å². The summed E-state index contributed by atoms with van der Waals surface area (Å²) in [6.45, 7) is 6.43. The highest BCUT2D eigenvalue weighted by Gasteiger charge is 2.07. The maximum Gasteiger partial charge on any atom is 0.174 e. The first-order valence-corrected chi connectivity index (χ1v) is 5.66. The number of H-pyrrole nitrogens is 1. The van der Waals surface area contributed by atoms with Gasteiger partial charge in [0.05, 0.1) is 11.9 Å². The number of aromatic nitrogens is 2. The molecule has 1 heterocycles. The van der Waals surface area contributed by atoms with Crippen molar-refractivity contribution in [2.24, 2.45) is 0 Å². The van der Waals surface area contributed by atoms with Crippen molar-refractivity contribution < 1.29 is 0 Å². The van der Waals surface area contributed by atoms with Gasteiger partial charge in [-0.2, -0.15) is 0 Å². The molecule has 2 nitrogen and oxygen atoms in total. The molecule has 2 rings (SSSR count). The average Bonchev–Trinajstić information content (AvgIpc) is 2.61. The summed E-state index contributed by atoms with van der Waals surface area (Å²) < 4.78 is 0.773. The van der Waals surface area contributed by atoms with E-state index in [2.05, 4.69) is 58.8 Å². The molecule has 1 aromatic carbocycles. The van der Waals surface area contributed by atoms with Gasteiger partial charge in [-0.25, -0.2) is 4.98 Å². The maximum atomic E-state index is 4.15. The number of aromatic amines is 1. The highest BCUT2D eigenvalue weighted by atomic mass is 79.9. The summed E-state index contributed by atoms with van der Waals surface area (Å²) in [5, 5.41) is 0. The van der Waals surface area contributed by atoms with Crippen molar-refractivity contribution in [3.05, 3.63) is 39.8 Å². The quantitative estimate of drug-likeness (QED) is 0.835. The lowest BCUT2D eigenvalue weighted by Gasteiger charge is -2.09. The van der Waals surface area contributed by atoms with Crippen LogP contribution in [0.15, 0.2) is 23.1 Å². The van der Waals surface area contributed by atoms with Gasteiger partial charge >= 0.3 is 0 Å². The van der Waals surface area contributed by atoms with E-state index in [9.17, 15) is 0 Å². The normalized spacial score (nSPS) is 10.7. The lowest BCUT2D eigenvalue weighted by atomic mass is 9.97. The second-order valence-corrected chi connectivity index (χ2v) is 4.52. The van der Waals surface area contributed by atoms with E-state index in [4.69, 9.17) is 0 Å². The predicted octanol–water partition coefficient (Wildman–Crippen LogP) is 3.76. The van der Waals surface area contributed by atoms with Gasteiger partial charge in [0.2, 0.25) is 0 Å². The third kappa shape index (κ3) is 1.84. The van der Waals surface area contributed by atoms with E-state index in [1.54, 1.807) is 0 Å². The van der Waals surface area contributed by atoms with Gasteiger partial charge in [0, 0.05) is 5.56 Å². The molecule has 0 saturated carbocycles. The molecular weight excluding hydrogens is 252 g/mol. The SMILES string of the molecule is Cc1ccc(-c2cnc(Br)[nH]2)c(C)c1C. The zero-order valence-electron chi connectivity index (χ0n) is 9.06. The Morgan fingerprint density at radius 1 is 1.13 bits per heavy atom. The number of benzene rings is 1. The smallest absolute Gasteiger partial charge is 0.174 e. The molecule has 0 aliphatic rings. The van der Waals surface area contributed by atoms with E-state index in [1.165, 1.54) is 22.3 Å². The van der Waals surface area contributed by atoms with Crippen LogP contribution in [-0.2, 0) is 0 Å². The zero-order chi connectivity index (χ0) is 11.0. The Morgan fingerprint density at radius 2 is 1.87 bits per heavy atom. The number of aryl methyl sites for hydroxylation is 1. The summed E-state index contributed by atoms with van der Waals surface area (Å²) in [6.07, 6.45) is 1.85. The molecule has 0 spiro atoms. The number of hydrogen-bond donors (Lipinski definition) is 1. The van der Waals surface area contributed by atoms with Crippen molar-refractivity contribution in [2.75, 3.05) is 0 Å². The van der Waals surface area contributed by atoms with E-state index < -0.39 is 0 Å². The first kappa shape index (κ1) is 10.4. The van der Waals surface area contributed by atoms with Crippen molar-refractivity contribution in [2.45, 2.75) is 20.8 Å². The fourth-order valence-corrected chi connectivity index (χ4v) is 2.00.